The van der Waals surface area contributed by atoms with Crippen LogP contribution in [0.1, 0.15) is 35.5 Å². The largest absolute Gasteiger partial charge is 0.459 e. The van der Waals surface area contributed by atoms with Crippen LogP contribution in [0.3, 0.4) is 0 Å². The summed E-state index contributed by atoms with van der Waals surface area (Å²) >= 11 is 11.9. The van der Waals surface area contributed by atoms with E-state index in [4.69, 9.17) is 32.4 Å². The molecule has 0 bridgehead atoms. The Labute approximate surface area is 166 Å². The summed E-state index contributed by atoms with van der Waals surface area (Å²) in [6, 6.07) is 7.67. The van der Waals surface area contributed by atoms with Gasteiger partial charge in [0.15, 0.2) is 12.4 Å². The fourth-order valence-electron chi connectivity index (χ4n) is 2.20. The number of rotatable bonds is 8. The summed E-state index contributed by atoms with van der Waals surface area (Å²) in [6.45, 7) is 1.39. The highest BCUT2D eigenvalue weighted by Gasteiger charge is 2.15. The molecule has 2 rings (SSSR count). The van der Waals surface area contributed by atoms with E-state index < -0.39 is 24.4 Å². The maximum atomic E-state index is 11.9. The van der Waals surface area contributed by atoms with Crippen LogP contribution in [0.15, 0.2) is 41.0 Å². The van der Waals surface area contributed by atoms with E-state index in [0.29, 0.717) is 15.6 Å². The molecule has 144 valence electrons. The number of carbonyl (C=O) groups is 3. The number of furan rings is 1. The van der Waals surface area contributed by atoms with Gasteiger partial charge in [0.25, 0.3) is 11.8 Å². The molecule has 7 nitrogen and oxygen atoms in total. The van der Waals surface area contributed by atoms with E-state index in [2.05, 4.69) is 10.6 Å². The van der Waals surface area contributed by atoms with E-state index >= 15 is 0 Å². The number of halogens is 2. The first-order valence-electron chi connectivity index (χ1n) is 8.08. The lowest BCUT2D eigenvalue weighted by molar-refractivity contribution is -0.148. The van der Waals surface area contributed by atoms with Gasteiger partial charge >= 0.3 is 5.97 Å². The Bertz CT molecular complexity index is 808. The highest BCUT2D eigenvalue weighted by molar-refractivity contribution is 6.35. The molecule has 0 saturated carbocycles. The van der Waals surface area contributed by atoms with Crippen LogP contribution in [0.25, 0.3) is 0 Å². The molecule has 2 amide bonds. The van der Waals surface area contributed by atoms with Gasteiger partial charge in [-0.05, 0) is 36.8 Å². The van der Waals surface area contributed by atoms with Gasteiger partial charge in [-0.3, -0.25) is 14.4 Å². The summed E-state index contributed by atoms with van der Waals surface area (Å²) in [5, 5.41) is 6.11. The van der Waals surface area contributed by atoms with Crippen molar-refractivity contribution in [2.75, 3.05) is 13.2 Å². The van der Waals surface area contributed by atoms with Gasteiger partial charge in [0.2, 0.25) is 0 Å². The van der Waals surface area contributed by atoms with Crippen LogP contribution in [0.5, 0.6) is 0 Å². The first-order chi connectivity index (χ1) is 12.9. The fraction of sp³-hybridized carbons (Fsp3) is 0.278. The number of ether oxygens (including phenoxy) is 1. The summed E-state index contributed by atoms with van der Waals surface area (Å²) in [5.74, 6) is -1.36. The summed E-state index contributed by atoms with van der Waals surface area (Å²) in [6.07, 6.45) is 1.30. The first-order valence-corrected chi connectivity index (χ1v) is 8.84. The van der Waals surface area contributed by atoms with Crippen molar-refractivity contribution in [2.24, 2.45) is 0 Å². The third kappa shape index (κ3) is 6.62. The number of benzene rings is 1. The number of carbonyl (C=O) groups excluding carboxylic acids is 3. The molecule has 0 aliphatic rings. The lowest BCUT2D eigenvalue weighted by Crippen LogP contribution is -2.32. The molecule has 0 radical (unpaired) electrons. The molecule has 9 heteroatoms. The molecule has 0 spiro atoms. The van der Waals surface area contributed by atoms with E-state index in [1.807, 2.05) is 0 Å². The summed E-state index contributed by atoms with van der Waals surface area (Å²) in [7, 11) is 0. The Morgan fingerprint density at radius 1 is 1.22 bits per heavy atom. The molecule has 2 aromatic rings. The van der Waals surface area contributed by atoms with Crippen LogP contribution < -0.4 is 10.6 Å². The molecule has 1 aromatic heterocycles. The minimum atomic E-state index is -0.609. The molecule has 0 aliphatic carbocycles. The predicted octanol–water partition coefficient (Wildman–Crippen LogP) is 3.13. The smallest absolute Gasteiger partial charge is 0.308 e. The average molecular weight is 413 g/mol. The number of hydrogen-bond acceptors (Lipinski definition) is 5. The Morgan fingerprint density at radius 2 is 2.00 bits per heavy atom. The minimum Gasteiger partial charge on any atom is -0.459 e. The molecule has 0 fully saturated rings. The molecule has 1 aromatic carbocycles. The summed E-state index contributed by atoms with van der Waals surface area (Å²) in [4.78, 5) is 35.2. The zero-order chi connectivity index (χ0) is 19.8. The number of hydrogen-bond donors (Lipinski definition) is 2. The van der Waals surface area contributed by atoms with Crippen LogP contribution in [0.2, 0.25) is 10.0 Å². The minimum absolute atomic E-state index is 0.0662. The number of nitrogens with one attached hydrogen (secondary N) is 2. The molecule has 27 heavy (non-hydrogen) atoms. The lowest BCUT2D eigenvalue weighted by Gasteiger charge is -2.16. The van der Waals surface area contributed by atoms with Crippen molar-refractivity contribution < 1.29 is 23.5 Å². The molecule has 1 atom stereocenters. The van der Waals surface area contributed by atoms with Gasteiger partial charge in [0.1, 0.15) is 0 Å². The molecule has 1 unspecified atom stereocenters. The zero-order valence-corrected chi connectivity index (χ0v) is 16.0. The normalized spacial score (nSPS) is 11.5. The van der Waals surface area contributed by atoms with Crippen molar-refractivity contribution >= 4 is 41.0 Å². The SMILES string of the molecule is CC(NC(=O)COC(=O)CCNC(=O)c1ccco1)c1ccc(Cl)cc1Cl. The van der Waals surface area contributed by atoms with E-state index in [-0.39, 0.29) is 24.8 Å². The maximum absolute atomic E-state index is 11.9. The molecule has 0 aliphatic heterocycles. The van der Waals surface area contributed by atoms with Crippen LogP contribution in [-0.4, -0.2) is 30.9 Å². The van der Waals surface area contributed by atoms with E-state index in [1.165, 1.54) is 12.3 Å². The van der Waals surface area contributed by atoms with Gasteiger partial charge in [0, 0.05) is 16.6 Å². The van der Waals surface area contributed by atoms with E-state index in [9.17, 15) is 14.4 Å². The quantitative estimate of drug-likeness (QED) is 0.649. The molecular weight excluding hydrogens is 395 g/mol. The number of esters is 1. The Balaban J connectivity index is 1.68. The van der Waals surface area contributed by atoms with Gasteiger partial charge in [-0.1, -0.05) is 29.3 Å². The molecule has 1 heterocycles. The van der Waals surface area contributed by atoms with Crippen molar-refractivity contribution in [2.45, 2.75) is 19.4 Å². The van der Waals surface area contributed by atoms with Crippen molar-refractivity contribution in [3.8, 4) is 0 Å². The third-order valence-electron chi connectivity index (χ3n) is 3.53. The standard InChI is InChI=1S/C18H18Cl2N2O5/c1-11(13-5-4-12(19)9-14(13)20)22-16(23)10-27-17(24)6-7-21-18(25)15-3-2-8-26-15/h2-5,8-9,11H,6-7,10H2,1H3,(H,21,25)(H,22,23). The monoisotopic (exact) mass is 412 g/mol. The highest BCUT2D eigenvalue weighted by atomic mass is 35.5. The lowest BCUT2D eigenvalue weighted by atomic mass is 10.1. The molecule has 2 N–H and O–H groups in total. The number of amides is 2. The van der Waals surface area contributed by atoms with Crippen LogP contribution in [0.4, 0.5) is 0 Å². The second-order valence-electron chi connectivity index (χ2n) is 5.60. The van der Waals surface area contributed by atoms with Gasteiger partial charge in [-0.15, -0.1) is 0 Å². The van der Waals surface area contributed by atoms with Crippen LogP contribution >= 0.6 is 23.2 Å². The predicted molar refractivity (Wildman–Crippen MR) is 99.6 cm³/mol. The first kappa shape index (κ1) is 20.8. The summed E-state index contributed by atoms with van der Waals surface area (Å²) in [5.41, 5.74) is 0.696. The Hall–Kier alpha value is -2.51. The Kier molecular flexibility index (Phi) is 7.69. The molecular formula is C18H18Cl2N2O5. The van der Waals surface area contributed by atoms with E-state index in [0.717, 1.165) is 0 Å². The van der Waals surface area contributed by atoms with Crippen LogP contribution in [0, 0.1) is 0 Å². The van der Waals surface area contributed by atoms with Crippen LogP contribution in [-0.2, 0) is 14.3 Å². The second kappa shape index (κ2) is 9.99. The highest BCUT2D eigenvalue weighted by Crippen LogP contribution is 2.25. The second-order valence-corrected chi connectivity index (χ2v) is 6.44. The third-order valence-corrected chi connectivity index (χ3v) is 4.09. The van der Waals surface area contributed by atoms with Crippen molar-refractivity contribution in [3.05, 3.63) is 58.0 Å². The van der Waals surface area contributed by atoms with Gasteiger partial charge in [-0.2, -0.15) is 0 Å². The zero-order valence-electron chi connectivity index (χ0n) is 14.5. The van der Waals surface area contributed by atoms with Crippen molar-refractivity contribution in [1.29, 1.82) is 0 Å². The van der Waals surface area contributed by atoms with Crippen molar-refractivity contribution in [1.82, 2.24) is 10.6 Å². The topological polar surface area (TPSA) is 97.6 Å². The fourth-order valence-corrected chi connectivity index (χ4v) is 2.78. The average Bonchev–Trinajstić information content (AvgIpc) is 3.14. The van der Waals surface area contributed by atoms with Gasteiger partial charge in [-0.25, -0.2) is 0 Å². The Morgan fingerprint density at radius 3 is 2.67 bits per heavy atom. The molecule has 0 saturated heterocycles. The van der Waals surface area contributed by atoms with Crippen molar-refractivity contribution in [3.63, 3.8) is 0 Å². The van der Waals surface area contributed by atoms with Gasteiger partial charge < -0.3 is 19.8 Å². The van der Waals surface area contributed by atoms with Gasteiger partial charge in [0.05, 0.1) is 18.7 Å². The summed E-state index contributed by atoms with van der Waals surface area (Å²) < 4.78 is 9.80. The van der Waals surface area contributed by atoms with E-state index in [1.54, 1.807) is 31.2 Å². The maximum Gasteiger partial charge on any atom is 0.308 e.